The maximum atomic E-state index is 12.3. The zero-order chi connectivity index (χ0) is 12.4. The zero-order valence-corrected chi connectivity index (χ0v) is 10.2. The van der Waals surface area contributed by atoms with Crippen molar-refractivity contribution in [2.75, 3.05) is 26.3 Å². The number of nitrogens with one attached hydrogen (secondary N) is 1. The minimum absolute atomic E-state index is 0.135. The van der Waals surface area contributed by atoms with Crippen molar-refractivity contribution in [3.05, 3.63) is 46.2 Å². The normalized spacial score (nSPS) is 17.1. The first-order chi connectivity index (χ1) is 8.84. The van der Waals surface area contributed by atoms with Crippen molar-refractivity contribution in [2.45, 2.75) is 6.54 Å². The number of morpholine rings is 1. The number of benzene rings is 1. The number of pyridine rings is 1. The van der Waals surface area contributed by atoms with Gasteiger partial charge in [-0.2, -0.15) is 0 Å². The number of hydrogen-bond donors (Lipinski definition) is 1. The fourth-order valence-electron chi connectivity index (χ4n) is 2.33. The maximum Gasteiger partial charge on any atom is 0.193 e. The van der Waals surface area contributed by atoms with Crippen molar-refractivity contribution in [3.8, 4) is 0 Å². The smallest absolute Gasteiger partial charge is 0.193 e. The topological polar surface area (TPSA) is 45.3 Å². The SMILES string of the molecule is O=c1c(CN2CCOCC2)c[nH]c2ccccc12. The molecule has 3 rings (SSSR count). The summed E-state index contributed by atoms with van der Waals surface area (Å²) >= 11 is 0. The Bertz CT molecular complexity index is 600. The Labute approximate surface area is 105 Å². The lowest BCUT2D eigenvalue weighted by molar-refractivity contribution is 0.0340. The van der Waals surface area contributed by atoms with E-state index in [1.54, 1.807) is 0 Å². The van der Waals surface area contributed by atoms with Gasteiger partial charge in [0.15, 0.2) is 5.43 Å². The van der Waals surface area contributed by atoms with Gasteiger partial charge in [-0.1, -0.05) is 12.1 Å². The monoisotopic (exact) mass is 244 g/mol. The second kappa shape index (κ2) is 4.92. The second-order valence-electron chi connectivity index (χ2n) is 4.58. The number of hydrogen-bond acceptors (Lipinski definition) is 3. The van der Waals surface area contributed by atoms with E-state index in [9.17, 15) is 4.79 Å². The molecule has 1 aliphatic rings. The molecule has 1 aromatic carbocycles. The van der Waals surface area contributed by atoms with E-state index in [1.165, 1.54) is 0 Å². The fraction of sp³-hybridized carbons (Fsp3) is 0.357. The van der Waals surface area contributed by atoms with Gasteiger partial charge < -0.3 is 9.72 Å². The van der Waals surface area contributed by atoms with Crippen LogP contribution in [-0.2, 0) is 11.3 Å². The molecule has 1 aliphatic heterocycles. The third-order valence-electron chi connectivity index (χ3n) is 3.36. The summed E-state index contributed by atoms with van der Waals surface area (Å²) in [6, 6.07) is 7.63. The molecule has 94 valence electrons. The van der Waals surface area contributed by atoms with Crippen molar-refractivity contribution in [3.63, 3.8) is 0 Å². The number of rotatable bonds is 2. The minimum Gasteiger partial charge on any atom is -0.379 e. The molecule has 0 bridgehead atoms. The van der Waals surface area contributed by atoms with Crippen LogP contribution in [0.2, 0.25) is 0 Å². The molecule has 0 unspecified atom stereocenters. The minimum atomic E-state index is 0.135. The highest BCUT2D eigenvalue weighted by atomic mass is 16.5. The van der Waals surface area contributed by atoms with Crippen molar-refractivity contribution in [2.24, 2.45) is 0 Å². The van der Waals surface area contributed by atoms with Crippen LogP contribution in [0.15, 0.2) is 35.3 Å². The molecule has 2 heterocycles. The zero-order valence-electron chi connectivity index (χ0n) is 10.2. The fourth-order valence-corrected chi connectivity index (χ4v) is 2.33. The summed E-state index contributed by atoms with van der Waals surface area (Å²) in [5, 5.41) is 0.767. The summed E-state index contributed by atoms with van der Waals surface area (Å²) < 4.78 is 5.31. The maximum absolute atomic E-state index is 12.3. The Morgan fingerprint density at radius 3 is 2.83 bits per heavy atom. The third-order valence-corrected chi connectivity index (χ3v) is 3.36. The Balaban J connectivity index is 1.92. The quantitative estimate of drug-likeness (QED) is 0.867. The van der Waals surface area contributed by atoms with Gasteiger partial charge in [-0.25, -0.2) is 0 Å². The molecule has 4 nitrogen and oxygen atoms in total. The van der Waals surface area contributed by atoms with Gasteiger partial charge in [0.25, 0.3) is 0 Å². The summed E-state index contributed by atoms with van der Waals surface area (Å²) in [5.74, 6) is 0. The van der Waals surface area contributed by atoms with E-state index < -0.39 is 0 Å². The molecule has 1 fully saturated rings. The molecule has 1 N–H and O–H groups in total. The van der Waals surface area contributed by atoms with Crippen LogP contribution >= 0.6 is 0 Å². The van der Waals surface area contributed by atoms with Gasteiger partial charge in [-0.3, -0.25) is 9.69 Å². The van der Waals surface area contributed by atoms with Crippen LogP contribution in [0.4, 0.5) is 0 Å². The summed E-state index contributed by atoms with van der Waals surface area (Å²) in [5.41, 5.74) is 1.86. The predicted molar refractivity (Wildman–Crippen MR) is 70.7 cm³/mol. The first-order valence-electron chi connectivity index (χ1n) is 6.24. The van der Waals surface area contributed by atoms with E-state index in [0.29, 0.717) is 6.54 Å². The molecule has 0 saturated carbocycles. The number of aromatic nitrogens is 1. The molecular weight excluding hydrogens is 228 g/mol. The number of aromatic amines is 1. The van der Waals surface area contributed by atoms with Gasteiger partial charge in [0.1, 0.15) is 0 Å². The van der Waals surface area contributed by atoms with Crippen LogP contribution in [0.25, 0.3) is 10.9 Å². The summed E-state index contributed by atoms with van der Waals surface area (Å²) in [7, 11) is 0. The molecule has 1 saturated heterocycles. The molecule has 0 atom stereocenters. The first kappa shape index (κ1) is 11.4. The number of nitrogens with zero attached hydrogens (tertiary/aromatic N) is 1. The number of para-hydroxylation sites is 1. The van der Waals surface area contributed by atoms with Gasteiger partial charge in [-0.15, -0.1) is 0 Å². The van der Waals surface area contributed by atoms with Gasteiger partial charge in [0.2, 0.25) is 0 Å². The van der Waals surface area contributed by atoms with E-state index in [1.807, 2.05) is 30.5 Å². The van der Waals surface area contributed by atoms with Crippen LogP contribution in [-0.4, -0.2) is 36.2 Å². The molecule has 4 heteroatoms. The first-order valence-corrected chi connectivity index (χ1v) is 6.24. The Hall–Kier alpha value is -1.65. The van der Waals surface area contributed by atoms with E-state index in [2.05, 4.69) is 9.88 Å². The van der Waals surface area contributed by atoms with Crippen LogP contribution in [0.1, 0.15) is 5.56 Å². The van der Waals surface area contributed by atoms with Gasteiger partial charge in [0, 0.05) is 42.3 Å². The average molecular weight is 244 g/mol. The Morgan fingerprint density at radius 2 is 2.00 bits per heavy atom. The van der Waals surface area contributed by atoms with E-state index in [4.69, 9.17) is 4.74 Å². The Morgan fingerprint density at radius 1 is 1.22 bits per heavy atom. The van der Waals surface area contributed by atoms with Crippen molar-refractivity contribution < 1.29 is 4.74 Å². The highest BCUT2D eigenvalue weighted by Crippen LogP contribution is 2.09. The van der Waals surface area contributed by atoms with Crippen LogP contribution in [0.5, 0.6) is 0 Å². The highest BCUT2D eigenvalue weighted by Gasteiger charge is 2.13. The van der Waals surface area contributed by atoms with Crippen LogP contribution in [0.3, 0.4) is 0 Å². The van der Waals surface area contributed by atoms with Gasteiger partial charge in [-0.05, 0) is 12.1 Å². The summed E-state index contributed by atoms with van der Waals surface area (Å²) in [6.45, 7) is 4.00. The van der Waals surface area contributed by atoms with Crippen molar-refractivity contribution >= 4 is 10.9 Å². The predicted octanol–water partition coefficient (Wildman–Crippen LogP) is 1.36. The Kier molecular flexibility index (Phi) is 3.13. The largest absolute Gasteiger partial charge is 0.379 e. The molecule has 0 radical (unpaired) electrons. The van der Waals surface area contributed by atoms with Crippen molar-refractivity contribution in [1.29, 1.82) is 0 Å². The van der Waals surface area contributed by atoms with Crippen LogP contribution < -0.4 is 5.43 Å². The molecule has 0 amide bonds. The number of ether oxygens (including phenoxy) is 1. The second-order valence-corrected chi connectivity index (χ2v) is 4.58. The molecular formula is C14H16N2O2. The van der Waals surface area contributed by atoms with E-state index in [-0.39, 0.29) is 5.43 Å². The van der Waals surface area contributed by atoms with E-state index in [0.717, 1.165) is 42.8 Å². The average Bonchev–Trinajstić information content (AvgIpc) is 2.43. The number of H-pyrrole nitrogens is 1. The molecule has 0 spiro atoms. The van der Waals surface area contributed by atoms with Gasteiger partial charge in [0.05, 0.1) is 13.2 Å². The standard InChI is InChI=1S/C14H16N2O2/c17-14-11(10-16-5-7-18-8-6-16)9-15-13-4-2-1-3-12(13)14/h1-4,9H,5-8,10H2,(H,15,17). The highest BCUT2D eigenvalue weighted by molar-refractivity contribution is 5.78. The van der Waals surface area contributed by atoms with Gasteiger partial charge >= 0.3 is 0 Å². The van der Waals surface area contributed by atoms with Crippen molar-refractivity contribution in [1.82, 2.24) is 9.88 Å². The third kappa shape index (κ3) is 2.17. The summed E-state index contributed by atoms with van der Waals surface area (Å²) in [4.78, 5) is 17.8. The van der Waals surface area contributed by atoms with E-state index >= 15 is 0 Å². The lowest BCUT2D eigenvalue weighted by atomic mass is 10.1. The summed E-state index contributed by atoms with van der Waals surface area (Å²) in [6.07, 6.45) is 1.83. The lowest BCUT2D eigenvalue weighted by Gasteiger charge is -2.26. The molecule has 18 heavy (non-hydrogen) atoms. The molecule has 0 aliphatic carbocycles. The molecule has 2 aromatic rings. The lowest BCUT2D eigenvalue weighted by Crippen LogP contribution is -2.36. The number of fused-ring (bicyclic) bond motifs is 1. The van der Waals surface area contributed by atoms with Crippen LogP contribution in [0, 0.1) is 0 Å². The molecule has 1 aromatic heterocycles.